The Hall–Kier alpha value is -1.42. The van der Waals surface area contributed by atoms with Crippen LogP contribution in [0.15, 0.2) is 29.3 Å². The highest BCUT2D eigenvalue weighted by Crippen LogP contribution is 2.34. The van der Waals surface area contributed by atoms with E-state index in [2.05, 4.69) is 4.99 Å². The normalized spacial score (nSPS) is 31.2. The average molecular weight is 249 g/mol. The number of hydrogen-bond donors (Lipinski definition) is 0. The van der Waals surface area contributed by atoms with Crippen LogP contribution in [0.2, 0.25) is 0 Å². The molecule has 96 valence electrons. The Morgan fingerprint density at radius 1 is 1.33 bits per heavy atom. The summed E-state index contributed by atoms with van der Waals surface area (Å²) in [6, 6.07) is 7.84. The van der Waals surface area contributed by atoms with Crippen LogP contribution in [0.4, 0.5) is 4.39 Å². The summed E-state index contributed by atoms with van der Waals surface area (Å²) in [5.41, 5.74) is 2.04. The van der Waals surface area contributed by atoms with Crippen molar-refractivity contribution in [3.63, 3.8) is 0 Å². The van der Waals surface area contributed by atoms with Crippen molar-refractivity contribution < 1.29 is 13.9 Å². The molecule has 1 aromatic carbocycles. The highest BCUT2D eigenvalue weighted by molar-refractivity contribution is 5.95. The zero-order chi connectivity index (χ0) is 12.6. The fraction of sp³-hybridized carbons (Fsp3) is 0.500. The molecular formula is C14H16FNO2. The van der Waals surface area contributed by atoms with E-state index < -0.39 is 12.0 Å². The summed E-state index contributed by atoms with van der Waals surface area (Å²) >= 11 is 0. The molecule has 2 heterocycles. The van der Waals surface area contributed by atoms with E-state index in [-0.39, 0.29) is 6.54 Å². The van der Waals surface area contributed by atoms with E-state index in [1.54, 1.807) is 0 Å². The Labute approximate surface area is 106 Å². The predicted molar refractivity (Wildman–Crippen MR) is 66.5 cm³/mol. The van der Waals surface area contributed by atoms with E-state index in [4.69, 9.17) is 9.47 Å². The largest absolute Gasteiger partial charge is 0.440 e. The van der Waals surface area contributed by atoms with E-state index in [1.807, 2.05) is 31.2 Å². The lowest BCUT2D eigenvalue weighted by Crippen LogP contribution is -2.49. The van der Waals surface area contributed by atoms with Crippen LogP contribution in [0.1, 0.15) is 24.0 Å². The summed E-state index contributed by atoms with van der Waals surface area (Å²) in [5.74, 6) is -0.682. The molecule has 1 aromatic rings. The van der Waals surface area contributed by atoms with Gasteiger partial charge in [-0.2, -0.15) is 0 Å². The van der Waals surface area contributed by atoms with Crippen LogP contribution in [-0.2, 0) is 9.47 Å². The average Bonchev–Trinajstić information content (AvgIpc) is 2.80. The lowest BCUT2D eigenvalue weighted by Gasteiger charge is -2.35. The monoisotopic (exact) mass is 249 g/mol. The number of rotatable bonds is 1. The van der Waals surface area contributed by atoms with E-state index in [0.717, 1.165) is 12.0 Å². The fourth-order valence-corrected chi connectivity index (χ4v) is 2.31. The van der Waals surface area contributed by atoms with Crippen LogP contribution < -0.4 is 0 Å². The predicted octanol–water partition coefficient (Wildman–Crippen LogP) is 2.62. The Bertz CT molecular complexity index is 471. The van der Waals surface area contributed by atoms with Crippen LogP contribution in [0.3, 0.4) is 0 Å². The maximum absolute atomic E-state index is 14.0. The summed E-state index contributed by atoms with van der Waals surface area (Å²) in [7, 11) is 0. The van der Waals surface area contributed by atoms with Gasteiger partial charge in [-0.3, -0.25) is 0 Å². The number of ether oxygens (including phenoxy) is 2. The smallest absolute Gasteiger partial charge is 0.263 e. The molecule has 0 saturated carbocycles. The van der Waals surface area contributed by atoms with Crippen molar-refractivity contribution in [2.75, 3.05) is 13.2 Å². The van der Waals surface area contributed by atoms with Crippen molar-refractivity contribution in [1.82, 2.24) is 0 Å². The maximum Gasteiger partial charge on any atom is 0.263 e. The summed E-state index contributed by atoms with van der Waals surface area (Å²) in [6.07, 6.45) is 0.126. The van der Waals surface area contributed by atoms with Crippen LogP contribution >= 0.6 is 0 Å². The van der Waals surface area contributed by atoms with Gasteiger partial charge >= 0.3 is 0 Å². The Balaban J connectivity index is 1.79. The first kappa shape index (κ1) is 11.7. The maximum atomic E-state index is 14.0. The third-order valence-corrected chi connectivity index (χ3v) is 3.44. The third kappa shape index (κ3) is 1.90. The molecule has 2 aliphatic rings. The van der Waals surface area contributed by atoms with Gasteiger partial charge in [0.25, 0.3) is 5.79 Å². The van der Waals surface area contributed by atoms with Crippen molar-refractivity contribution in [2.24, 2.45) is 4.99 Å². The molecule has 0 aliphatic carbocycles. The molecule has 1 fully saturated rings. The van der Waals surface area contributed by atoms with Crippen molar-refractivity contribution in [3.8, 4) is 0 Å². The highest BCUT2D eigenvalue weighted by atomic mass is 19.1. The van der Waals surface area contributed by atoms with Gasteiger partial charge in [0.05, 0.1) is 6.61 Å². The molecule has 1 spiro atoms. The molecule has 2 aliphatic heterocycles. The van der Waals surface area contributed by atoms with Gasteiger partial charge in [0.15, 0.2) is 6.17 Å². The molecule has 1 saturated heterocycles. The molecule has 0 amide bonds. The second-order valence-corrected chi connectivity index (χ2v) is 4.86. The number of hydrogen-bond acceptors (Lipinski definition) is 3. The number of benzene rings is 1. The van der Waals surface area contributed by atoms with E-state index >= 15 is 0 Å². The number of nitrogens with zero attached hydrogens (tertiary/aromatic N) is 1. The van der Waals surface area contributed by atoms with Gasteiger partial charge in [0.2, 0.25) is 5.90 Å². The van der Waals surface area contributed by atoms with Gasteiger partial charge in [-0.1, -0.05) is 17.7 Å². The Kier molecular flexibility index (Phi) is 2.82. The molecule has 0 bridgehead atoms. The lowest BCUT2D eigenvalue weighted by atomic mass is 10.0. The van der Waals surface area contributed by atoms with Gasteiger partial charge in [0, 0.05) is 5.56 Å². The molecule has 3 rings (SSSR count). The standard InChI is InChI=1S/C14H16FNO2/c1-10-4-6-11(7-5-10)13-16-9-14(18-13)12(15)3-2-8-17-14/h4-7,12H,2-3,8-9H2,1H3/t12-,14+/m0/s1. The van der Waals surface area contributed by atoms with Crippen LogP contribution in [0.25, 0.3) is 0 Å². The molecule has 0 aromatic heterocycles. The second kappa shape index (κ2) is 4.35. The summed E-state index contributed by atoms with van der Waals surface area (Å²) < 4.78 is 25.2. The van der Waals surface area contributed by atoms with E-state index in [1.165, 1.54) is 5.56 Å². The minimum absolute atomic E-state index is 0.247. The fourth-order valence-electron chi connectivity index (χ4n) is 2.31. The van der Waals surface area contributed by atoms with Crippen molar-refractivity contribution in [2.45, 2.75) is 31.7 Å². The van der Waals surface area contributed by atoms with Gasteiger partial charge in [-0.05, 0) is 31.9 Å². The zero-order valence-corrected chi connectivity index (χ0v) is 10.4. The molecule has 3 nitrogen and oxygen atoms in total. The number of alkyl halides is 1. The van der Waals surface area contributed by atoms with Crippen molar-refractivity contribution in [3.05, 3.63) is 35.4 Å². The first-order valence-corrected chi connectivity index (χ1v) is 6.28. The molecule has 4 heteroatoms. The molecule has 2 atom stereocenters. The van der Waals surface area contributed by atoms with Gasteiger partial charge in [0.1, 0.15) is 6.54 Å². The Morgan fingerprint density at radius 3 is 2.83 bits per heavy atom. The summed E-state index contributed by atoms with van der Waals surface area (Å²) in [6.45, 7) is 2.80. The second-order valence-electron chi connectivity index (χ2n) is 4.86. The van der Waals surface area contributed by atoms with E-state index in [9.17, 15) is 4.39 Å². The van der Waals surface area contributed by atoms with Crippen LogP contribution in [0.5, 0.6) is 0 Å². The number of halogens is 1. The van der Waals surface area contributed by atoms with Crippen LogP contribution in [0, 0.1) is 6.92 Å². The molecule has 18 heavy (non-hydrogen) atoms. The van der Waals surface area contributed by atoms with Gasteiger partial charge in [-0.15, -0.1) is 0 Å². The zero-order valence-electron chi connectivity index (χ0n) is 10.4. The first-order chi connectivity index (χ1) is 8.70. The minimum Gasteiger partial charge on any atom is -0.440 e. The van der Waals surface area contributed by atoms with Gasteiger partial charge in [-0.25, -0.2) is 9.38 Å². The van der Waals surface area contributed by atoms with Gasteiger partial charge < -0.3 is 9.47 Å². The third-order valence-electron chi connectivity index (χ3n) is 3.44. The number of aryl methyl sites for hydroxylation is 1. The Morgan fingerprint density at radius 2 is 2.11 bits per heavy atom. The quantitative estimate of drug-likeness (QED) is 0.766. The minimum atomic E-state index is -1.17. The summed E-state index contributed by atoms with van der Waals surface area (Å²) in [4.78, 5) is 4.29. The first-order valence-electron chi connectivity index (χ1n) is 6.28. The van der Waals surface area contributed by atoms with Crippen molar-refractivity contribution >= 4 is 5.90 Å². The van der Waals surface area contributed by atoms with Crippen molar-refractivity contribution in [1.29, 1.82) is 0 Å². The summed E-state index contributed by atoms with van der Waals surface area (Å²) in [5, 5.41) is 0. The SMILES string of the molecule is Cc1ccc(C2=NC[C@@]3(OCCC[C@@H]3F)O2)cc1. The molecular weight excluding hydrogens is 233 g/mol. The van der Waals surface area contributed by atoms with E-state index in [0.29, 0.717) is 18.9 Å². The molecule has 0 unspecified atom stereocenters. The topological polar surface area (TPSA) is 30.8 Å². The highest BCUT2D eigenvalue weighted by Gasteiger charge is 2.49. The van der Waals surface area contributed by atoms with Crippen LogP contribution in [-0.4, -0.2) is 31.0 Å². The molecule has 0 radical (unpaired) electrons. The lowest BCUT2D eigenvalue weighted by molar-refractivity contribution is -0.232. The molecule has 0 N–H and O–H groups in total. The number of aliphatic imine (C=N–C) groups is 1.